The van der Waals surface area contributed by atoms with Crippen molar-refractivity contribution in [3.8, 4) is 0 Å². The second-order valence-electron chi connectivity index (χ2n) is 5.55. The van der Waals surface area contributed by atoms with Crippen molar-refractivity contribution in [2.24, 2.45) is 7.05 Å². The van der Waals surface area contributed by atoms with Gasteiger partial charge in [-0.05, 0) is 38.8 Å². The molecule has 2 aliphatic heterocycles. The summed E-state index contributed by atoms with van der Waals surface area (Å²) in [5, 5.41) is 7.90. The Morgan fingerprint density at radius 2 is 2.00 bits per heavy atom. The van der Waals surface area contributed by atoms with Crippen LogP contribution in [-0.4, -0.2) is 39.9 Å². The van der Waals surface area contributed by atoms with Gasteiger partial charge in [-0.3, -0.25) is 4.68 Å². The van der Waals surface area contributed by atoms with Crippen molar-refractivity contribution < 1.29 is 0 Å². The molecule has 4 heteroatoms. The molecular weight excluding hydrogens is 212 g/mol. The Kier molecular flexibility index (Phi) is 2.92. The fraction of sp³-hybridized carbons (Fsp3) is 0.769. The van der Waals surface area contributed by atoms with E-state index in [1.54, 1.807) is 0 Å². The van der Waals surface area contributed by atoms with Crippen molar-refractivity contribution in [1.82, 2.24) is 20.0 Å². The lowest BCUT2D eigenvalue weighted by atomic mass is 9.98. The maximum Gasteiger partial charge on any atom is 0.0518 e. The van der Waals surface area contributed by atoms with E-state index in [0.29, 0.717) is 6.04 Å². The van der Waals surface area contributed by atoms with Gasteiger partial charge in [0.15, 0.2) is 0 Å². The Morgan fingerprint density at radius 1 is 1.29 bits per heavy atom. The first kappa shape index (κ1) is 11.2. The summed E-state index contributed by atoms with van der Waals surface area (Å²) in [5.74, 6) is 0. The average molecular weight is 234 g/mol. The quantitative estimate of drug-likeness (QED) is 0.851. The predicted molar refractivity (Wildman–Crippen MR) is 67.6 cm³/mol. The van der Waals surface area contributed by atoms with Gasteiger partial charge in [0.25, 0.3) is 0 Å². The Hall–Kier alpha value is -0.870. The zero-order valence-electron chi connectivity index (χ0n) is 10.8. The molecule has 1 aromatic rings. The number of aromatic nitrogens is 2. The normalized spacial score (nSPS) is 33.2. The molecule has 2 bridgehead atoms. The van der Waals surface area contributed by atoms with Crippen molar-refractivity contribution in [3.05, 3.63) is 18.0 Å². The van der Waals surface area contributed by atoms with Gasteiger partial charge in [-0.15, -0.1) is 0 Å². The van der Waals surface area contributed by atoms with Crippen LogP contribution in [0.4, 0.5) is 0 Å². The first-order valence-electron chi connectivity index (χ1n) is 6.66. The molecule has 2 unspecified atom stereocenters. The molecule has 1 N–H and O–H groups in total. The van der Waals surface area contributed by atoms with Crippen LogP contribution in [0, 0.1) is 0 Å². The molecule has 1 aromatic heterocycles. The largest absolute Gasteiger partial charge is 0.308 e. The van der Waals surface area contributed by atoms with Crippen molar-refractivity contribution in [1.29, 1.82) is 0 Å². The number of nitrogens with zero attached hydrogens (tertiary/aromatic N) is 3. The standard InChI is InChI=1S/C13H22N4/c1-16-11-3-4-12(16)8-10(7-11)14-9-13-5-6-15-17(13)2/h5-6,10-12,14H,3-4,7-9H2,1-2H3. The number of hydrogen-bond donors (Lipinski definition) is 1. The van der Waals surface area contributed by atoms with Crippen LogP contribution >= 0.6 is 0 Å². The van der Waals surface area contributed by atoms with E-state index in [9.17, 15) is 0 Å². The highest BCUT2D eigenvalue weighted by molar-refractivity contribution is 5.01. The first-order chi connectivity index (χ1) is 8.24. The molecule has 3 rings (SSSR count). The molecule has 0 radical (unpaired) electrons. The van der Waals surface area contributed by atoms with Crippen LogP contribution in [0.1, 0.15) is 31.4 Å². The Balaban J connectivity index is 1.56. The predicted octanol–water partition coefficient (Wildman–Crippen LogP) is 1.13. The molecule has 2 atom stereocenters. The number of fused-ring (bicyclic) bond motifs is 2. The molecular formula is C13H22N4. The minimum Gasteiger partial charge on any atom is -0.308 e. The molecule has 94 valence electrons. The summed E-state index contributed by atoms with van der Waals surface area (Å²) in [6.07, 6.45) is 7.28. The number of nitrogens with one attached hydrogen (secondary N) is 1. The van der Waals surface area contributed by atoms with Crippen LogP contribution in [0.2, 0.25) is 0 Å². The van der Waals surface area contributed by atoms with Crippen LogP contribution < -0.4 is 5.32 Å². The lowest BCUT2D eigenvalue weighted by molar-refractivity contribution is 0.148. The Bertz CT molecular complexity index is 373. The van der Waals surface area contributed by atoms with Crippen LogP contribution in [0.5, 0.6) is 0 Å². The molecule has 2 saturated heterocycles. The molecule has 17 heavy (non-hydrogen) atoms. The van der Waals surface area contributed by atoms with Crippen molar-refractivity contribution >= 4 is 0 Å². The van der Waals surface area contributed by atoms with Gasteiger partial charge in [0.2, 0.25) is 0 Å². The second-order valence-corrected chi connectivity index (χ2v) is 5.55. The third kappa shape index (κ3) is 2.11. The number of rotatable bonds is 3. The van der Waals surface area contributed by atoms with Crippen LogP contribution in [-0.2, 0) is 13.6 Å². The van der Waals surface area contributed by atoms with Gasteiger partial charge >= 0.3 is 0 Å². The average Bonchev–Trinajstić information content (AvgIpc) is 2.78. The molecule has 2 fully saturated rings. The molecule has 0 aliphatic carbocycles. The van der Waals surface area contributed by atoms with E-state index < -0.39 is 0 Å². The highest BCUT2D eigenvalue weighted by Crippen LogP contribution is 2.34. The molecule has 3 heterocycles. The van der Waals surface area contributed by atoms with Crippen molar-refractivity contribution in [2.45, 2.75) is 50.4 Å². The van der Waals surface area contributed by atoms with Gasteiger partial charge in [0.05, 0.1) is 5.69 Å². The highest BCUT2D eigenvalue weighted by Gasteiger charge is 2.38. The third-order valence-corrected chi connectivity index (χ3v) is 4.59. The van der Waals surface area contributed by atoms with Gasteiger partial charge in [-0.25, -0.2) is 0 Å². The molecule has 0 saturated carbocycles. The van der Waals surface area contributed by atoms with E-state index >= 15 is 0 Å². The lowest BCUT2D eigenvalue weighted by Gasteiger charge is -2.36. The van der Waals surface area contributed by atoms with E-state index in [2.05, 4.69) is 28.4 Å². The van der Waals surface area contributed by atoms with Gasteiger partial charge in [0.1, 0.15) is 0 Å². The molecule has 0 aromatic carbocycles. The van der Waals surface area contributed by atoms with E-state index in [1.807, 2.05) is 17.9 Å². The highest BCUT2D eigenvalue weighted by atomic mass is 15.3. The lowest BCUT2D eigenvalue weighted by Crippen LogP contribution is -2.47. The van der Waals surface area contributed by atoms with E-state index in [0.717, 1.165) is 18.6 Å². The molecule has 0 spiro atoms. The molecule has 0 amide bonds. The summed E-state index contributed by atoms with van der Waals surface area (Å²) in [6.45, 7) is 0.949. The third-order valence-electron chi connectivity index (χ3n) is 4.59. The minimum absolute atomic E-state index is 0.693. The second kappa shape index (κ2) is 4.42. The van der Waals surface area contributed by atoms with Crippen LogP contribution in [0.15, 0.2) is 12.3 Å². The van der Waals surface area contributed by atoms with Crippen LogP contribution in [0.3, 0.4) is 0 Å². The molecule has 2 aliphatic rings. The maximum absolute atomic E-state index is 4.20. The first-order valence-corrected chi connectivity index (χ1v) is 6.66. The maximum atomic E-state index is 4.20. The van der Waals surface area contributed by atoms with E-state index in [4.69, 9.17) is 0 Å². The smallest absolute Gasteiger partial charge is 0.0518 e. The fourth-order valence-corrected chi connectivity index (χ4v) is 3.40. The summed E-state index contributed by atoms with van der Waals surface area (Å²) in [4.78, 5) is 2.59. The van der Waals surface area contributed by atoms with Gasteiger partial charge in [-0.2, -0.15) is 5.10 Å². The number of aryl methyl sites for hydroxylation is 1. The Morgan fingerprint density at radius 3 is 2.59 bits per heavy atom. The summed E-state index contributed by atoms with van der Waals surface area (Å²) in [5.41, 5.74) is 1.27. The van der Waals surface area contributed by atoms with Crippen LogP contribution in [0.25, 0.3) is 0 Å². The Labute approximate surface area is 103 Å². The zero-order valence-corrected chi connectivity index (χ0v) is 10.8. The number of piperidine rings is 1. The van der Waals surface area contributed by atoms with E-state index in [-0.39, 0.29) is 0 Å². The summed E-state index contributed by atoms with van der Waals surface area (Å²) < 4.78 is 1.95. The summed E-state index contributed by atoms with van der Waals surface area (Å²) >= 11 is 0. The zero-order chi connectivity index (χ0) is 11.8. The topological polar surface area (TPSA) is 33.1 Å². The fourth-order valence-electron chi connectivity index (χ4n) is 3.40. The van der Waals surface area contributed by atoms with Crippen molar-refractivity contribution in [3.63, 3.8) is 0 Å². The monoisotopic (exact) mass is 234 g/mol. The SMILES string of the molecule is CN1C2CCC1CC(NCc1ccnn1C)C2. The summed E-state index contributed by atoms with van der Waals surface area (Å²) in [6, 6.07) is 4.42. The minimum atomic E-state index is 0.693. The van der Waals surface area contributed by atoms with Gasteiger partial charge in [-0.1, -0.05) is 0 Å². The van der Waals surface area contributed by atoms with Gasteiger partial charge in [0, 0.05) is 37.9 Å². The van der Waals surface area contributed by atoms with E-state index in [1.165, 1.54) is 31.4 Å². The van der Waals surface area contributed by atoms with Crippen molar-refractivity contribution in [2.75, 3.05) is 7.05 Å². The number of hydrogen-bond acceptors (Lipinski definition) is 3. The molecule has 4 nitrogen and oxygen atoms in total. The van der Waals surface area contributed by atoms with Gasteiger partial charge < -0.3 is 10.2 Å². The summed E-state index contributed by atoms with van der Waals surface area (Å²) in [7, 11) is 4.30.